The summed E-state index contributed by atoms with van der Waals surface area (Å²) in [7, 11) is 0. The van der Waals surface area contributed by atoms with E-state index in [2.05, 4.69) is 21.2 Å². The average Bonchev–Trinajstić information content (AvgIpc) is 2.59. The third-order valence-corrected chi connectivity index (χ3v) is 4.01. The average molecular weight is 392 g/mol. The molecule has 0 radical (unpaired) electrons. The van der Waals surface area contributed by atoms with Crippen LogP contribution < -0.4 is 10.1 Å². The fourth-order valence-corrected chi connectivity index (χ4v) is 2.69. The Kier molecular flexibility index (Phi) is 7.28. The molecule has 0 aliphatic carbocycles. The molecule has 1 unspecified atom stereocenters. The van der Waals surface area contributed by atoms with E-state index < -0.39 is 0 Å². The lowest BCUT2D eigenvalue weighted by Crippen LogP contribution is -2.27. The minimum atomic E-state index is -0.158. The van der Waals surface area contributed by atoms with Crippen molar-refractivity contribution in [1.82, 2.24) is 5.32 Å². The predicted octanol–water partition coefficient (Wildman–Crippen LogP) is 4.36. The van der Waals surface area contributed by atoms with Crippen LogP contribution in [0.5, 0.6) is 5.75 Å². The molecule has 0 saturated carbocycles. The van der Waals surface area contributed by atoms with Gasteiger partial charge in [-0.05, 0) is 43.7 Å². The molecular weight excluding hydrogens is 370 g/mol. The number of para-hydroxylation sites is 1. The fraction of sp³-hybridized carbons (Fsp3) is 0.316. The van der Waals surface area contributed by atoms with Gasteiger partial charge in [-0.15, -0.1) is 0 Å². The Hall–Kier alpha value is -1.85. The van der Waals surface area contributed by atoms with Crippen LogP contribution in [-0.4, -0.2) is 25.7 Å². The van der Waals surface area contributed by atoms with Crippen LogP contribution in [0.25, 0.3) is 0 Å². The number of hydrogen-bond donors (Lipinski definition) is 1. The van der Waals surface area contributed by atoms with Crippen molar-refractivity contribution in [2.75, 3.05) is 19.8 Å². The largest absolute Gasteiger partial charge is 0.490 e. The molecule has 1 N–H and O–H groups in total. The summed E-state index contributed by atoms with van der Waals surface area (Å²) in [5.41, 5.74) is 1.56. The SMILES string of the molecule is CCOCCOc1ccccc1C(=O)NC(C)c1cccc(Br)c1. The van der Waals surface area contributed by atoms with Gasteiger partial charge >= 0.3 is 0 Å². The summed E-state index contributed by atoms with van der Waals surface area (Å²) in [4.78, 5) is 12.6. The summed E-state index contributed by atoms with van der Waals surface area (Å²) >= 11 is 3.45. The number of halogens is 1. The molecule has 0 heterocycles. The molecule has 0 bridgehead atoms. The summed E-state index contributed by atoms with van der Waals surface area (Å²) in [6, 6.07) is 15.0. The Morgan fingerprint density at radius 3 is 2.71 bits per heavy atom. The van der Waals surface area contributed by atoms with E-state index in [1.54, 1.807) is 12.1 Å². The molecule has 0 spiro atoms. The molecule has 0 fully saturated rings. The summed E-state index contributed by atoms with van der Waals surface area (Å²) < 4.78 is 11.9. The molecule has 5 heteroatoms. The third-order valence-electron chi connectivity index (χ3n) is 3.52. The minimum Gasteiger partial charge on any atom is -0.490 e. The highest BCUT2D eigenvalue weighted by Gasteiger charge is 2.15. The first-order valence-electron chi connectivity index (χ1n) is 7.97. The second-order valence-corrected chi connectivity index (χ2v) is 6.21. The zero-order valence-electron chi connectivity index (χ0n) is 13.9. The van der Waals surface area contributed by atoms with Gasteiger partial charge in [0.15, 0.2) is 0 Å². The van der Waals surface area contributed by atoms with E-state index in [1.807, 2.05) is 50.2 Å². The van der Waals surface area contributed by atoms with Crippen molar-refractivity contribution in [3.8, 4) is 5.75 Å². The summed E-state index contributed by atoms with van der Waals surface area (Å²) in [5.74, 6) is 0.408. The molecule has 2 rings (SSSR count). The topological polar surface area (TPSA) is 47.6 Å². The standard InChI is InChI=1S/C19H22BrNO3/c1-3-23-11-12-24-18-10-5-4-9-17(18)19(22)21-14(2)15-7-6-8-16(20)13-15/h4-10,13-14H,3,11-12H2,1-2H3,(H,21,22). The van der Waals surface area contributed by atoms with Crippen LogP contribution in [0.3, 0.4) is 0 Å². The highest BCUT2D eigenvalue weighted by molar-refractivity contribution is 9.10. The molecule has 2 aromatic rings. The monoisotopic (exact) mass is 391 g/mol. The Morgan fingerprint density at radius 2 is 1.96 bits per heavy atom. The number of rotatable bonds is 8. The molecule has 24 heavy (non-hydrogen) atoms. The van der Waals surface area contributed by atoms with Crippen molar-refractivity contribution in [3.63, 3.8) is 0 Å². The Balaban J connectivity index is 2.03. The van der Waals surface area contributed by atoms with Gasteiger partial charge in [0.25, 0.3) is 5.91 Å². The van der Waals surface area contributed by atoms with Crippen molar-refractivity contribution >= 4 is 21.8 Å². The molecular formula is C19H22BrNO3. The zero-order valence-corrected chi connectivity index (χ0v) is 15.5. The highest BCUT2D eigenvalue weighted by atomic mass is 79.9. The van der Waals surface area contributed by atoms with E-state index in [0.717, 1.165) is 10.0 Å². The summed E-state index contributed by atoms with van der Waals surface area (Å²) in [5, 5.41) is 3.01. The van der Waals surface area contributed by atoms with E-state index in [1.165, 1.54) is 0 Å². The van der Waals surface area contributed by atoms with Crippen LogP contribution in [0, 0.1) is 0 Å². The van der Waals surface area contributed by atoms with Gasteiger partial charge in [0, 0.05) is 11.1 Å². The molecule has 0 aliphatic heterocycles. The first kappa shape index (κ1) is 18.5. The molecule has 1 amide bonds. The van der Waals surface area contributed by atoms with E-state index >= 15 is 0 Å². The minimum absolute atomic E-state index is 0.105. The van der Waals surface area contributed by atoms with Gasteiger partial charge in [-0.3, -0.25) is 4.79 Å². The number of nitrogens with one attached hydrogen (secondary N) is 1. The number of hydrogen-bond acceptors (Lipinski definition) is 3. The van der Waals surface area contributed by atoms with E-state index in [0.29, 0.717) is 31.1 Å². The molecule has 2 aromatic carbocycles. The van der Waals surface area contributed by atoms with Gasteiger partial charge in [0.05, 0.1) is 18.2 Å². The maximum atomic E-state index is 12.6. The molecule has 0 aliphatic rings. The second-order valence-electron chi connectivity index (χ2n) is 5.29. The fourth-order valence-electron chi connectivity index (χ4n) is 2.27. The van der Waals surface area contributed by atoms with Gasteiger partial charge in [0.1, 0.15) is 12.4 Å². The maximum Gasteiger partial charge on any atom is 0.255 e. The van der Waals surface area contributed by atoms with Crippen LogP contribution in [0.1, 0.15) is 35.8 Å². The Labute approximate surface area is 151 Å². The van der Waals surface area contributed by atoms with Crippen LogP contribution >= 0.6 is 15.9 Å². The first-order chi connectivity index (χ1) is 11.6. The number of carbonyl (C=O) groups excluding carboxylic acids is 1. The third kappa shape index (κ3) is 5.35. The smallest absolute Gasteiger partial charge is 0.255 e. The van der Waals surface area contributed by atoms with Crippen molar-refractivity contribution in [2.45, 2.75) is 19.9 Å². The zero-order chi connectivity index (χ0) is 17.4. The molecule has 4 nitrogen and oxygen atoms in total. The van der Waals surface area contributed by atoms with Crippen molar-refractivity contribution in [3.05, 3.63) is 64.1 Å². The van der Waals surface area contributed by atoms with E-state index in [4.69, 9.17) is 9.47 Å². The van der Waals surface area contributed by atoms with Gasteiger partial charge in [-0.1, -0.05) is 40.2 Å². The molecule has 1 atom stereocenters. The Bertz CT molecular complexity index is 675. The van der Waals surface area contributed by atoms with Gasteiger partial charge in [-0.2, -0.15) is 0 Å². The van der Waals surface area contributed by atoms with Crippen LogP contribution in [-0.2, 0) is 4.74 Å². The normalized spacial score (nSPS) is 11.8. The van der Waals surface area contributed by atoms with Gasteiger partial charge in [-0.25, -0.2) is 0 Å². The maximum absolute atomic E-state index is 12.6. The second kappa shape index (κ2) is 9.45. The highest BCUT2D eigenvalue weighted by Crippen LogP contribution is 2.21. The lowest BCUT2D eigenvalue weighted by atomic mass is 10.1. The van der Waals surface area contributed by atoms with Crippen LogP contribution in [0.2, 0.25) is 0 Å². The molecule has 0 saturated heterocycles. The predicted molar refractivity (Wildman–Crippen MR) is 98.5 cm³/mol. The summed E-state index contributed by atoms with van der Waals surface area (Å²) in [6.07, 6.45) is 0. The van der Waals surface area contributed by atoms with Crippen molar-refractivity contribution in [2.24, 2.45) is 0 Å². The van der Waals surface area contributed by atoms with E-state index in [-0.39, 0.29) is 11.9 Å². The van der Waals surface area contributed by atoms with Gasteiger partial charge in [0.2, 0.25) is 0 Å². The van der Waals surface area contributed by atoms with Crippen LogP contribution in [0.4, 0.5) is 0 Å². The summed E-state index contributed by atoms with van der Waals surface area (Å²) in [6.45, 7) is 5.46. The first-order valence-corrected chi connectivity index (χ1v) is 8.77. The van der Waals surface area contributed by atoms with Gasteiger partial charge < -0.3 is 14.8 Å². The lowest BCUT2D eigenvalue weighted by Gasteiger charge is -2.16. The number of ether oxygens (including phenoxy) is 2. The quantitative estimate of drug-likeness (QED) is 0.680. The van der Waals surface area contributed by atoms with Crippen LogP contribution in [0.15, 0.2) is 53.0 Å². The number of benzene rings is 2. The Morgan fingerprint density at radius 1 is 1.17 bits per heavy atom. The van der Waals surface area contributed by atoms with E-state index in [9.17, 15) is 4.79 Å². The lowest BCUT2D eigenvalue weighted by molar-refractivity contribution is 0.0923. The number of amides is 1. The van der Waals surface area contributed by atoms with Crippen molar-refractivity contribution < 1.29 is 14.3 Å². The molecule has 128 valence electrons. The molecule has 0 aromatic heterocycles. The number of carbonyl (C=O) groups is 1. The van der Waals surface area contributed by atoms with Crippen molar-refractivity contribution in [1.29, 1.82) is 0 Å².